The minimum Gasteiger partial charge on any atom is -0.260 e. The highest BCUT2D eigenvalue weighted by Gasteiger charge is 2.06. The summed E-state index contributed by atoms with van der Waals surface area (Å²) in [7, 11) is 0. The van der Waals surface area contributed by atoms with Crippen molar-refractivity contribution in [3.63, 3.8) is 0 Å². The summed E-state index contributed by atoms with van der Waals surface area (Å²) in [6.45, 7) is 3.97. The fourth-order valence-electron chi connectivity index (χ4n) is 2.00. The molecule has 6 heteroatoms. The third-order valence-electron chi connectivity index (χ3n) is 2.95. The molecule has 106 valence electrons. The van der Waals surface area contributed by atoms with Crippen LogP contribution in [-0.4, -0.2) is 25.0 Å². The van der Waals surface area contributed by atoms with Gasteiger partial charge in [-0.05, 0) is 44.2 Å². The summed E-state index contributed by atoms with van der Waals surface area (Å²) in [6, 6.07) is 11.8. The van der Waals surface area contributed by atoms with Gasteiger partial charge in [-0.25, -0.2) is 4.68 Å². The molecule has 0 fully saturated rings. The van der Waals surface area contributed by atoms with Crippen molar-refractivity contribution >= 4 is 11.8 Å². The third kappa shape index (κ3) is 3.28. The van der Waals surface area contributed by atoms with Gasteiger partial charge >= 0.3 is 0 Å². The van der Waals surface area contributed by atoms with E-state index in [1.165, 1.54) is 0 Å². The molecule has 3 aromatic heterocycles. The van der Waals surface area contributed by atoms with Crippen LogP contribution in [-0.2, 0) is 5.75 Å². The van der Waals surface area contributed by atoms with Gasteiger partial charge in [0.05, 0.1) is 11.4 Å². The molecule has 3 aromatic rings. The third-order valence-corrected chi connectivity index (χ3v) is 3.90. The standard InChI is InChI=1S/C15H15N5S/c1-11-9-12(2)20(19-11)14-6-7-15(18-17-14)21-10-13-5-3-4-8-16-13/h3-9H,10H2,1-2H3. The second-order valence-corrected chi connectivity index (χ2v) is 5.67. The van der Waals surface area contributed by atoms with E-state index in [1.54, 1.807) is 22.6 Å². The summed E-state index contributed by atoms with van der Waals surface area (Å²) in [5.74, 6) is 1.53. The van der Waals surface area contributed by atoms with Gasteiger partial charge in [0, 0.05) is 17.6 Å². The number of hydrogen-bond donors (Lipinski definition) is 0. The van der Waals surface area contributed by atoms with E-state index in [2.05, 4.69) is 20.3 Å². The van der Waals surface area contributed by atoms with E-state index in [0.29, 0.717) is 0 Å². The Morgan fingerprint density at radius 1 is 1.10 bits per heavy atom. The van der Waals surface area contributed by atoms with Gasteiger partial charge in [-0.1, -0.05) is 17.8 Å². The monoisotopic (exact) mass is 297 g/mol. The first-order chi connectivity index (χ1) is 10.2. The zero-order chi connectivity index (χ0) is 14.7. The topological polar surface area (TPSA) is 56.5 Å². The van der Waals surface area contributed by atoms with Crippen molar-refractivity contribution in [3.05, 3.63) is 59.7 Å². The SMILES string of the molecule is Cc1cc(C)n(-c2ccc(SCc3ccccn3)nn2)n1. The summed E-state index contributed by atoms with van der Waals surface area (Å²) in [5, 5.41) is 13.8. The first-order valence-electron chi connectivity index (χ1n) is 6.62. The molecular formula is C15H15N5S. The zero-order valence-electron chi connectivity index (χ0n) is 11.9. The molecule has 3 rings (SSSR count). The lowest BCUT2D eigenvalue weighted by atomic mass is 10.4. The molecule has 21 heavy (non-hydrogen) atoms. The summed E-state index contributed by atoms with van der Waals surface area (Å²) in [4.78, 5) is 4.29. The summed E-state index contributed by atoms with van der Waals surface area (Å²) < 4.78 is 1.80. The maximum absolute atomic E-state index is 4.40. The second kappa shape index (κ2) is 6.05. The summed E-state index contributed by atoms with van der Waals surface area (Å²) in [5.41, 5.74) is 3.06. The lowest BCUT2D eigenvalue weighted by molar-refractivity contribution is 0.765. The number of thioether (sulfide) groups is 1. The normalized spacial score (nSPS) is 10.8. The quantitative estimate of drug-likeness (QED) is 0.693. The van der Waals surface area contributed by atoms with E-state index >= 15 is 0 Å². The molecule has 0 unspecified atom stereocenters. The van der Waals surface area contributed by atoms with Crippen LogP contribution < -0.4 is 0 Å². The first-order valence-corrected chi connectivity index (χ1v) is 7.61. The highest BCUT2D eigenvalue weighted by atomic mass is 32.2. The molecule has 0 spiro atoms. The average Bonchev–Trinajstić information content (AvgIpc) is 2.85. The molecule has 0 amide bonds. The van der Waals surface area contributed by atoms with Crippen molar-refractivity contribution in [1.29, 1.82) is 0 Å². The van der Waals surface area contributed by atoms with Crippen LogP contribution in [0.1, 0.15) is 17.1 Å². The Hall–Kier alpha value is -2.21. The molecule has 0 aliphatic rings. The fourth-order valence-corrected chi connectivity index (χ4v) is 2.72. The van der Waals surface area contributed by atoms with Crippen LogP contribution in [0.4, 0.5) is 0 Å². The molecule has 0 aliphatic heterocycles. The van der Waals surface area contributed by atoms with Crippen molar-refractivity contribution in [2.45, 2.75) is 24.6 Å². The minimum atomic E-state index is 0.739. The fraction of sp³-hybridized carbons (Fsp3) is 0.200. The van der Waals surface area contributed by atoms with Gasteiger partial charge < -0.3 is 0 Å². The van der Waals surface area contributed by atoms with Crippen LogP contribution in [0.5, 0.6) is 0 Å². The molecule has 0 aliphatic carbocycles. The zero-order valence-corrected chi connectivity index (χ0v) is 12.7. The van der Waals surface area contributed by atoms with E-state index in [1.807, 2.05) is 50.2 Å². The largest absolute Gasteiger partial charge is 0.260 e. The van der Waals surface area contributed by atoms with Crippen LogP contribution in [0, 0.1) is 13.8 Å². The molecular weight excluding hydrogens is 282 g/mol. The lowest BCUT2D eigenvalue weighted by Crippen LogP contribution is -2.03. The Labute approximate surface area is 127 Å². The number of aromatic nitrogens is 5. The molecule has 0 saturated carbocycles. The lowest BCUT2D eigenvalue weighted by Gasteiger charge is -2.04. The summed E-state index contributed by atoms with van der Waals surface area (Å²) in [6.07, 6.45) is 1.80. The number of pyridine rings is 1. The van der Waals surface area contributed by atoms with E-state index in [-0.39, 0.29) is 0 Å². The Bertz CT molecular complexity index is 722. The molecule has 0 atom stereocenters. The maximum Gasteiger partial charge on any atom is 0.175 e. The van der Waals surface area contributed by atoms with Gasteiger partial charge in [-0.3, -0.25) is 4.98 Å². The van der Waals surface area contributed by atoms with Crippen molar-refractivity contribution in [3.8, 4) is 5.82 Å². The number of aryl methyl sites for hydroxylation is 2. The molecule has 0 saturated heterocycles. The highest BCUT2D eigenvalue weighted by molar-refractivity contribution is 7.98. The Morgan fingerprint density at radius 2 is 2.00 bits per heavy atom. The van der Waals surface area contributed by atoms with Crippen LogP contribution in [0.2, 0.25) is 0 Å². The van der Waals surface area contributed by atoms with Gasteiger partial charge in [-0.2, -0.15) is 5.10 Å². The average molecular weight is 297 g/mol. The van der Waals surface area contributed by atoms with Gasteiger partial charge in [0.2, 0.25) is 0 Å². The molecule has 0 bridgehead atoms. The Balaban J connectivity index is 1.71. The van der Waals surface area contributed by atoms with Crippen LogP contribution in [0.15, 0.2) is 47.6 Å². The highest BCUT2D eigenvalue weighted by Crippen LogP contribution is 2.19. The van der Waals surface area contributed by atoms with Gasteiger partial charge in [-0.15, -0.1) is 10.2 Å². The molecule has 0 aromatic carbocycles. The minimum absolute atomic E-state index is 0.739. The smallest absolute Gasteiger partial charge is 0.175 e. The van der Waals surface area contributed by atoms with Crippen molar-refractivity contribution in [2.24, 2.45) is 0 Å². The second-order valence-electron chi connectivity index (χ2n) is 4.68. The Kier molecular flexibility index (Phi) is 3.96. The summed E-state index contributed by atoms with van der Waals surface area (Å²) >= 11 is 1.62. The van der Waals surface area contributed by atoms with Crippen LogP contribution in [0.25, 0.3) is 5.82 Å². The van der Waals surface area contributed by atoms with Gasteiger partial charge in [0.25, 0.3) is 0 Å². The predicted molar refractivity (Wildman–Crippen MR) is 82.4 cm³/mol. The van der Waals surface area contributed by atoms with Crippen LogP contribution >= 0.6 is 11.8 Å². The maximum atomic E-state index is 4.40. The molecule has 0 N–H and O–H groups in total. The van der Waals surface area contributed by atoms with E-state index in [0.717, 1.165) is 33.7 Å². The van der Waals surface area contributed by atoms with E-state index < -0.39 is 0 Å². The molecule has 3 heterocycles. The van der Waals surface area contributed by atoms with Crippen molar-refractivity contribution in [2.75, 3.05) is 0 Å². The molecule has 5 nitrogen and oxygen atoms in total. The molecule has 0 radical (unpaired) electrons. The van der Waals surface area contributed by atoms with Crippen molar-refractivity contribution in [1.82, 2.24) is 25.0 Å². The van der Waals surface area contributed by atoms with E-state index in [9.17, 15) is 0 Å². The first kappa shape index (κ1) is 13.8. The van der Waals surface area contributed by atoms with E-state index in [4.69, 9.17) is 0 Å². The van der Waals surface area contributed by atoms with Crippen molar-refractivity contribution < 1.29 is 0 Å². The predicted octanol–water partition coefficient (Wildman–Crippen LogP) is 2.97. The number of nitrogens with zero attached hydrogens (tertiary/aromatic N) is 5. The number of hydrogen-bond acceptors (Lipinski definition) is 5. The van der Waals surface area contributed by atoms with Crippen LogP contribution in [0.3, 0.4) is 0 Å². The Morgan fingerprint density at radius 3 is 2.62 bits per heavy atom. The van der Waals surface area contributed by atoms with Gasteiger partial charge in [0.1, 0.15) is 5.03 Å². The number of rotatable bonds is 4. The van der Waals surface area contributed by atoms with Gasteiger partial charge in [0.15, 0.2) is 5.82 Å².